The Balaban J connectivity index is 0. The van der Waals surface area contributed by atoms with Crippen molar-refractivity contribution >= 4 is 0 Å². The summed E-state index contributed by atoms with van der Waals surface area (Å²) in [5, 5.41) is 28.8. The Bertz CT molecular complexity index is 348. The SMILES string of the molecule is CCCCCCCCCCCCCCCCCCN(CC(O)(O)O)C(C)CN.FOF. The predicted molar refractivity (Wildman–Crippen MR) is 122 cm³/mol. The third-order valence-electron chi connectivity index (χ3n) is 5.68. The van der Waals surface area contributed by atoms with Gasteiger partial charge < -0.3 is 21.1 Å². The summed E-state index contributed by atoms with van der Waals surface area (Å²) in [7, 11) is 0. The first-order chi connectivity index (χ1) is 14.8. The minimum absolute atomic E-state index is 0.0298. The van der Waals surface area contributed by atoms with Gasteiger partial charge in [0.05, 0.1) is 6.54 Å². The van der Waals surface area contributed by atoms with Gasteiger partial charge in [0.25, 0.3) is 5.97 Å². The van der Waals surface area contributed by atoms with Gasteiger partial charge in [0.1, 0.15) is 0 Å². The molecule has 0 aromatic carbocycles. The Morgan fingerprint density at radius 3 is 1.35 bits per heavy atom. The van der Waals surface area contributed by atoms with E-state index < -0.39 is 5.97 Å². The summed E-state index contributed by atoms with van der Waals surface area (Å²) in [4.78, 5) is 1.85. The van der Waals surface area contributed by atoms with Gasteiger partial charge in [-0.05, 0) is 28.9 Å². The highest BCUT2D eigenvalue weighted by atomic mass is 19.6. The zero-order chi connectivity index (χ0) is 23.8. The van der Waals surface area contributed by atoms with Gasteiger partial charge in [0, 0.05) is 17.7 Å². The first kappa shape index (κ1) is 32.8. The Kier molecular flexibility index (Phi) is 25.7. The summed E-state index contributed by atoms with van der Waals surface area (Å²) in [6.07, 6.45) is 21.4. The summed E-state index contributed by atoms with van der Waals surface area (Å²) < 4.78 is 18.2. The van der Waals surface area contributed by atoms with E-state index in [1.54, 1.807) is 0 Å². The van der Waals surface area contributed by atoms with Crippen LogP contribution in [-0.2, 0) is 5.15 Å². The summed E-state index contributed by atoms with van der Waals surface area (Å²) in [6.45, 7) is 5.21. The molecule has 8 heteroatoms. The third-order valence-corrected chi connectivity index (χ3v) is 5.68. The van der Waals surface area contributed by atoms with Crippen molar-refractivity contribution in [3.8, 4) is 0 Å². The Labute approximate surface area is 189 Å². The molecule has 0 heterocycles. The van der Waals surface area contributed by atoms with Gasteiger partial charge in [-0.25, -0.2) is 0 Å². The lowest BCUT2D eigenvalue weighted by molar-refractivity contribution is -0.318. The molecule has 0 rings (SSSR count). The molecule has 0 aliphatic rings. The second-order valence-corrected chi connectivity index (χ2v) is 8.69. The van der Waals surface area contributed by atoms with Gasteiger partial charge in [-0.2, -0.15) is 0 Å². The molecule has 1 unspecified atom stereocenters. The number of halogens is 2. The van der Waals surface area contributed by atoms with Crippen LogP contribution in [0, 0.1) is 0 Å². The zero-order valence-corrected chi connectivity index (χ0v) is 20.0. The molecular formula is C23H50F2N2O4. The topological polar surface area (TPSA) is 99.2 Å². The average Bonchev–Trinajstić information content (AvgIpc) is 2.71. The maximum absolute atomic E-state index is 9.20. The molecular weight excluding hydrogens is 406 g/mol. The van der Waals surface area contributed by atoms with E-state index in [9.17, 15) is 15.3 Å². The lowest BCUT2D eigenvalue weighted by Gasteiger charge is -2.31. The van der Waals surface area contributed by atoms with Crippen molar-refractivity contribution in [1.82, 2.24) is 4.90 Å². The van der Waals surface area contributed by atoms with Gasteiger partial charge in [0.15, 0.2) is 0 Å². The van der Waals surface area contributed by atoms with Crippen LogP contribution in [0.5, 0.6) is 0 Å². The van der Waals surface area contributed by atoms with Crippen molar-refractivity contribution in [3.63, 3.8) is 0 Å². The van der Waals surface area contributed by atoms with Crippen molar-refractivity contribution < 1.29 is 29.5 Å². The van der Waals surface area contributed by atoms with Crippen LogP contribution in [0.15, 0.2) is 0 Å². The van der Waals surface area contributed by atoms with Crippen LogP contribution in [0.4, 0.5) is 9.05 Å². The normalized spacial score (nSPS) is 12.7. The number of hydrogen-bond acceptors (Lipinski definition) is 6. The molecule has 31 heavy (non-hydrogen) atoms. The predicted octanol–water partition coefficient (Wildman–Crippen LogP) is 5.30. The summed E-state index contributed by atoms with van der Waals surface area (Å²) >= 11 is 0. The largest absolute Gasteiger partial charge is 0.343 e. The lowest BCUT2D eigenvalue weighted by atomic mass is 10.0. The quantitative estimate of drug-likeness (QED) is 0.138. The molecule has 5 N–H and O–H groups in total. The maximum Gasteiger partial charge on any atom is 0.288 e. The molecule has 0 spiro atoms. The fraction of sp³-hybridized carbons (Fsp3) is 1.00. The molecule has 190 valence electrons. The van der Waals surface area contributed by atoms with Crippen LogP contribution in [0.25, 0.3) is 0 Å². The smallest absolute Gasteiger partial charge is 0.288 e. The molecule has 0 saturated heterocycles. The third kappa shape index (κ3) is 27.6. The van der Waals surface area contributed by atoms with Crippen LogP contribution in [0.2, 0.25) is 0 Å². The van der Waals surface area contributed by atoms with E-state index >= 15 is 0 Å². The molecule has 6 nitrogen and oxygen atoms in total. The van der Waals surface area contributed by atoms with Crippen molar-refractivity contribution in [2.24, 2.45) is 5.73 Å². The molecule has 0 radical (unpaired) electrons. The minimum atomic E-state index is -2.64. The molecule has 0 aromatic rings. The highest BCUT2D eigenvalue weighted by Gasteiger charge is 2.25. The minimum Gasteiger partial charge on any atom is -0.343 e. The molecule has 0 aliphatic carbocycles. The Hall–Kier alpha value is -0.380. The van der Waals surface area contributed by atoms with Crippen molar-refractivity contribution in [3.05, 3.63) is 0 Å². The summed E-state index contributed by atoms with van der Waals surface area (Å²) in [6, 6.07) is 0.0298. The second kappa shape index (κ2) is 24.3. The first-order valence-corrected chi connectivity index (χ1v) is 12.3. The second-order valence-electron chi connectivity index (χ2n) is 8.69. The van der Waals surface area contributed by atoms with Crippen LogP contribution in [0.3, 0.4) is 0 Å². The van der Waals surface area contributed by atoms with Crippen molar-refractivity contribution in [2.45, 2.75) is 129 Å². The van der Waals surface area contributed by atoms with Gasteiger partial charge in [-0.15, -0.1) is 0 Å². The molecule has 1 atom stereocenters. The van der Waals surface area contributed by atoms with E-state index in [2.05, 4.69) is 6.92 Å². The van der Waals surface area contributed by atoms with Gasteiger partial charge in [0.2, 0.25) is 0 Å². The van der Waals surface area contributed by atoms with Gasteiger partial charge in [-0.3, -0.25) is 4.90 Å². The van der Waals surface area contributed by atoms with E-state index in [0.717, 1.165) is 19.4 Å². The summed E-state index contributed by atoms with van der Waals surface area (Å²) in [5.74, 6) is -2.64. The highest BCUT2D eigenvalue weighted by Crippen LogP contribution is 2.14. The molecule has 0 fully saturated rings. The van der Waals surface area contributed by atoms with Crippen LogP contribution in [0.1, 0.15) is 117 Å². The van der Waals surface area contributed by atoms with E-state index in [1.807, 2.05) is 11.8 Å². The van der Waals surface area contributed by atoms with E-state index in [1.165, 1.54) is 95.0 Å². The number of aliphatic hydroxyl groups is 3. The average molecular weight is 457 g/mol. The number of hydrogen-bond donors (Lipinski definition) is 4. The fourth-order valence-corrected chi connectivity index (χ4v) is 3.74. The van der Waals surface area contributed by atoms with Crippen LogP contribution >= 0.6 is 0 Å². The zero-order valence-electron chi connectivity index (χ0n) is 20.0. The van der Waals surface area contributed by atoms with E-state index in [-0.39, 0.29) is 12.6 Å². The summed E-state index contributed by atoms with van der Waals surface area (Å²) in [5.41, 5.74) is 5.67. The van der Waals surface area contributed by atoms with E-state index in [0.29, 0.717) is 6.54 Å². The van der Waals surface area contributed by atoms with Gasteiger partial charge in [-0.1, -0.05) is 103 Å². The van der Waals surface area contributed by atoms with E-state index in [4.69, 9.17) is 14.8 Å². The lowest BCUT2D eigenvalue weighted by Crippen LogP contribution is -2.49. The number of unbranched alkanes of at least 4 members (excludes halogenated alkanes) is 15. The maximum atomic E-state index is 9.20. The number of nitrogens with zero attached hydrogens (tertiary/aromatic N) is 1. The van der Waals surface area contributed by atoms with Crippen molar-refractivity contribution in [2.75, 3.05) is 19.6 Å². The van der Waals surface area contributed by atoms with Crippen molar-refractivity contribution in [1.29, 1.82) is 0 Å². The Morgan fingerprint density at radius 2 is 1.06 bits per heavy atom. The number of rotatable bonds is 21. The number of nitrogens with two attached hydrogens (primary N) is 1. The molecule has 0 aliphatic heterocycles. The first-order valence-electron chi connectivity index (χ1n) is 12.3. The molecule has 0 bridgehead atoms. The fourth-order valence-electron chi connectivity index (χ4n) is 3.74. The van der Waals surface area contributed by atoms with Crippen LogP contribution < -0.4 is 5.73 Å². The highest BCUT2D eigenvalue weighted by molar-refractivity contribution is 4.70. The molecule has 0 saturated carbocycles. The molecule has 0 aromatic heterocycles. The molecule has 0 amide bonds. The Morgan fingerprint density at radius 1 is 0.742 bits per heavy atom. The monoisotopic (exact) mass is 456 g/mol. The standard InChI is InChI=1S/C23H50N2O3.F2O/c1-3-4-5-6-7-8-9-10-11-12-13-14-15-16-17-18-19-25(22(2)20-24)21-23(26,27)28;1-3-2/h22,26-28H,3-21,24H2,1-2H3;. The van der Waals surface area contributed by atoms with Gasteiger partial charge >= 0.3 is 0 Å². The van der Waals surface area contributed by atoms with Crippen LogP contribution in [-0.4, -0.2) is 51.9 Å².